The van der Waals surface area contributed by atoms with Gasteiger partial charge in [0.25, 0.3) is 0 Å². The van der Waals surface area contributed by atoms with E-state index in [1.807, 2.05) is 50.4 Å². The van der Waals surface area contributed by atoms with Crippen molar-refractivity contribution in [3.8, 4) is 11.5 Å². The summed E-state index contributed by atoms with van der Waals surface area (Å²) in [5.74, 6) is 1.70. The van der Waals surface area contributed by atoms with Crippen LogP contribution in [-0.2, 0) is 6.54 Å². The van der Waals surface area contributed by atoms with Crippen molar-refractivity contribution < 1.29 is 9.47 Å². The molecule has 0 atom stereocenters. The first-order chi connectivity index (χ1) is 10.2. The van der Waals surface area contributed by atoms with Crippen molar-refractivity contribution in [3.63, 3.8) is 0 Å². The predicted octanol–water partition coefficient (Wildman–Crippen LogP) is 3.83. The van der Waals surface area contributed by atoms with Gasteiger partial charge in [0.15, 0.2) is 0 Å². The van der Waals surface area contributed by atoms with E-state index in [1.54, 1.807) is 0 Å². The molecule has 0 saturated heterocycles. The van der Waals surface area contributed by atoms with Crippen LogP contribution in [0.4, 0.5) is 0 Å². The van der Waals surface area contributed by atoms with Crippen LogP contribution in [0, 0.1) is 6.92 Å². The molecule has 4 heteroatoms. The molecule has 0 fully saturated rings. The summed E-state index contributed by atoms with van der Waals surface area (Å²) in [5.41, 5.74) is 2.15. The lowest BCUT2D eigenvalue weighted by Gasteiger charge is -2.12. The van der Waals surface area contributed by atoms with Crippen molar-refractivity contribution in [1.82, 2.24) is 5.32 Å². The van der Waals surface area contributed by atoms with Gasteiger partial charge in [-0.2, -0.15) is 0 Å². The molecule has 2 rings (SSSR count). The third-order valence-electron chi connectivity index (χ3n) is 3.08. The number of ether oxygens (including phenoxy) is 2. The molecule has 112 valence electrons. The highest BCUT2D eigenvalue weighted by molar-refractivity contribution is 6.31. The van der Waals surface area contributed by atoms with E-state index in [2.05, 4.69) is 11.4 Å². The lowest BCUT2D eigenvalue weighted by atomic mass is 10.2. The molecule has 0 aliphatic carbocycles. The van der Waals surface area contributed by atoms with Crippen molar-refractivity contribution in [2.24, 2.45) is 0 Å². The summed E-state index contributed by atoms with van der Waals surface area (Å²) in [4.78, 5) is 0. The van der Waals surface area contributed by atoms with Crippen LogP contribution < -0.4 is 14.8 Å². The molecule has 0 aliphatic rings. The topological polar surface area (TPSA) is 30.5 Å². The second-order valence-corrected chi connectivity index (χ2v) is 5.15. The number of halogens is 1. The average Bonchev–Trinajstić information content (AvgIpc) is 2.49. The van der Waals surface area contributed by atoms with Gasteiger partial charge in [0, 0.05) is 17.1 Å². The first-order valence-electron chi connectivity index (χ1n) is 6.95. The average molecular weight is 306 g/mol. The number of nitrogens with one attached hydrogen (secondary N) is 1. The summed E-state index contributed by atoms with van der Waals surface area (Å²) in [5, 5.41) is 3.88. The zero-order chi connectivity index (χ0) is 15.1. The van der Waals surface area contributed by atoms with E-state index in [4.69, 9.17) is 21.1 Å². The van der Waals surface area contributed by atoms with Gasteiger partial charge in [0.05, 0.1) is 0 Å². The SMILES string of the molecule is CNCc1ccccc1OCCOc1ccc(Cl)c(C)c1. The molecule has 0 aromatic heterocycles. The van der Waals surface area contributed by atoms with Crippen LogP contribution in [-0.4, -0.2) is 20.3 Å². The molecule has 0 radical (unpaired) electrons. The second kappa shape index (κ2) is 7.91. The molecule has 0 spiro atoms. The maximum absolute atomic E-state index is 5.98. The number of rotatable bonds is 7. The van der Waals surface area contributed by atoms with E-state index in [1.165, 1.54) is 0 Å². The highest BCUT2D eigenvalue weighted by atomic mass is 35.5. The number of aryl methyl sites for hydroxylation is 1. The van der Waals surface area contributed by atoms with Crippen LogP contribution in [0.3, 0.4) is 0 Å². The van der Waals surface area contributed by atoms with E-state index in [9.17, 15) is 0 Å². The maximum Gasteiger partial charge on any atom is 0.123 e. The number of hydrogen-bond acceptors (Lipinski definition) is 3. The van der Waals surface area contributed by atoms with Crippen LogP contribution in [0.15, 0.2) is 42.5 Å². The summed E-state index contributed by atoms with van der Waals surface area (Å²) in [7, 11) is 1.92. The Hall–Kier alpha value is -1.71. The van der Waals surface area contributed by atoms with Crippen LogP contribution in [0.2, 0.25) is 5.02 Å². The highest BCUT2D eigenvalue weighted by Crippen LogP contribution is 2.21. The molecule has 0 bridgehead atoms. The fourth-order valence-corrected chi connectivity index (χ4v) is 2.12. The summed E-state index contributed by atoms with van der Waals surface area (Å²) < 4.78 is 11.4. The highest BCUT2D eigenvalue weighted by Gasteiger charge is 2.02. The fourth-order valence-electron chi connectivity index (χ4n) is 2.00. The van der Waals surface area contributed by atoms with E-state index in [-0.39, 0.29) is 0 Å². The fraction of sp³-hybridized carbons (Fsp3) is 0.294. The normalized spacial score (nSPS) is 10.4. The zero-order valence-electron chi connectivity index (χ0n) is 12.4. The lowest BCUT2D eigenvalue weighted by Crippen LogP contribution is -2.12. The third-order valence-corrected chi connectivity index (χ3v) is 3.50. The van der Waals surface area contributed by atoms with Crippen LogP contribution in [0.5, 0.6) is 11.5 Å². The Labute approximate surface area is 130 Å². The van der Waals surface area contributed by atoms with Gasteiger partial charge in [-0.25, -0.2) is 0 Å². The summed E-state index contributed by atoms with van der Waals surface area (Å²) >= 11 is 5.98. The Morgan fingerprint density at radius 2 is 1.81 bits per heavy atom. The maximum atomic E-state index is 5.98. The third kappa shape index (κ3) is 4.66. The summed E-state index contributed by atoms with van der Waals surface area (Å²) in [6.07, 6.45) is 0. The Morgan fingerprint density at radius 3 is 2.57 bits per heavy atom. The molecule has 0 unspecified atom stereocenters. The molecule has 0 aliphatic heterocycles. The minimum absolute atomic E-state index is 0.495. The van der Waals surface area contributed by atoms with Gasteiger partial charge in [0.1, 0.15) is 24.7 Å². The van der Waals surface area contributed by atoms with Crippen molar-refractivity contribution >= 4 is 11.6 Å². The van der Waals surface area contributed by atoms with Crippen LogP contribution in [0.1, 0.15) is 11.1 Å². The monoisotopic (exact) mass is 305 g/mol. The van der Waals surface area contributed by atoms with Gasteiger partial charge in [-0.05, 0) is 43.8 Å². The lowest BCUT2D eigenvalue weighted by molar-refractivity contribution is 0.215. The Kier molecular flexibility index (Phi) is 5.90. The number of para-hydroxylation sites is 1. The first kappa shape index (κ1) is 15.7. The molecule has 1 N–H and O–H groups in total. The smallest absolute Gasteiger partial charge is 0.123 e. The minimum Gasteiger partial charge on any atom is -0.490 e. The van der Waals surface area contributed by atoms with Crippen LogP contribution >= 0.6 is 11.6 Å². The van der Waals surface area contributed by atoms with Gasteiger partial charge in [-0.3, -0.25) is 0 Å². The summed E-state index contributed by atoms with van der Waals surface area (Å²) in [6, 6.07) is 13.6. The van der Waals surface area contributed by atoms with Crippen LogP contribution in [0.25, 0.3) is 0 Å². The van der Waals surface area contributed by atoms with Crippen molar-refractivity contribution in [1.29, 1.82) is 0 Å². The van der Waals surface area contributed by atoms with Crippen molar-refractivity contribution in [2.75, 3.05) is 20.3 Å². The molecule has 0 amide bonds. The molecular weight excluding hydrogens is 286 g/mol. The molecule has 3 nitrogen and oxygen atoms in total. The van der Waals surface area contributed by atoms with Gasteiger partial charge >= 0.3 is 0 Å². The van der Waals surface area contributed by atoms with E-state index in [0.717, 1.165) is 34.2 Å². The molecule has 0 saturated carbocycles. The molecule has 2 aromatic rings. The molecule has 21 heavy (non-hydrogen) atoms. The zero-order valence-corrected chi connectivity index (χ0v) is 13.1. The standard InChI is InChI=1S/C17H20ClNO2/c1-13-11-15(7-8-16(13)18)20-9-10-21-17-6-4-3-5-14(17)12-19-2/h3-8,11,19H,9-10,12H2,1-2H3. The quantitative estimate of drug-likeness (QED) is 0.789. The van der Waals surface area contributed by atoms with E-state index < -0.39 is 0 Å². The van der Waals surface area contributed by atoms with Crippen molar-refractivity contribution in [2.45, 2.75) is 13.5 Å². The van der Waals surface area contributed by atoms with Gasteiger partial charge in [-0.15, -0.1) is 0 Å². The molecule has 2 aromatic carbocycles. The number of benzene rings is 2. The Bertz CT molecular complexity index is 587. The minimum atomic E-state index is 0.495. The first-order valence-corrected chi connectivity index (χ1v) is 7.33. The van der Waals surface area contributed by atoms with Gasteiger partial charge in [-0.1, -0.05) is 29.8 Å². The van der Waals surface area contributed by atoms with E-state index >= 15 is 0 Å². The molecular formula is C17H20ClNO2. The largest absolute Gasteiger partial charge is 0.490 e. The Balaban J connectivity index is 1.83. The van der Waals surface area contributed by atoms with Crippen molar-refractivity contribution in [3.05, 3.63) is 58.6 Å². The van der Waals surface area contributed by atoms with Gasteiger partial charge < -0.3 is 14.8 Å². The number of hydrogen-bond donors (Lipinski definition) is 1. The predicted molar refractivity (Wildman–Crippen MR) is 86.4 cm³/mol. The second-order valence-electron chi connectivity index (χ2n) is 4.75. The van der Waals surface area contributed by atoms with Gasteiger partial charge in [0.2, 0.25) is 0 Å². The Morgan fingerprint density at radius 1 is 1.05 bits per heavy atom. The van der Waals surface area contributed by atoms with E-state index in [0.29, 0.717) is 13.2 Å². The molecule has 0 heterocycles. The summed E-state index contributed by atoms with van der Waals surface area (Å²) in [6.45, 7) is 3.74.